The van der Waals surface area contributed by atoms with Gasteiger partial charge >= 0.3 is 0 Å². The Labute approximate surface area is 161 Å². The molecule has 0 unspecified atom stereocenters. The number of nitrogens with zero attached hydrogens (tertiary/aromatic N) is 1. The van der Waals surface area contributed by atoms with Gasteiger partial charge in [-0.3, -0.25) is 0 Å². The van der Waals surface area contributed by atoms with Crippen LogP contribution in [0.25, 0.3) is 54.9 Å². The van der Waals surface area contributed by atoms with Gasteiger partial charge in [-0.15, -0.1) is 0 Å². The van der Waals surface area contributed by atoms with E-state index in [0.29, 0.717) is 0 Å². The summed E-state index contributed by atoms with van der Waals surface area (Å²) in [6.07, 6.45) is 1.97. The van der Waals surface area contributed by atoms with Crippen LogP contribution in [0, 0.1) is 0 Å². The third kappa shape index (κ3) is 2.04. The molecule has 0 saturated heterocycles. The minimum absolute atomic E-state index is 0.730. The smallest absolute Gasteiger partial charge is 0.140 e. The number of nitrogen functional groups attached to an aromatic ring is 1. The Hall–Kier alpha value is -3.73. The average Bonchev–Trinajstić information content (AvgIpc) is 3.32. The molecule has 2 aromatic heterocycles. The first-order valence-corrected chi connectivity index (χ1v) is 9.16. The quantitative estimate of drug-likeness (QED) is 0.232. The molecule has 0 aliphatic rings. The van der Waals surface area contributed by atoms with Gasteiger partial charge in [0.2, 0.25) is 0 Å². The highest BCUT2D eigenvalue weighted by Gasteiger charge is 2.16. The summed E-state index contributed by atoms with van der Waals surface area (Å²) in [5.41, 5.74) is 11.5. The molecule has 4 N–H and O–H groups in total. The number of aromatic nitrogens is 3. The first-order chi connectivity index (χ1) is 13.7. The lowest BCUT2D eigenvalue weighted by molar-refractivity contribution is 1.34. The third-order valence-electron chi connectivity index (χ3n) is 5.45. The van der Waals surface area contributed by atoms with Crippen LogP contribution in [0.2, 0.25) is 0 Å². The third-order valence-corrected chi connectivity index (χ3v) is 5.45. The van der Waals surface area contributed by atoms with Gasteiger partial charge < -0.3 is 15.7 Å². The number of imidazole rings is 1. The van der Waals surface area contributed by atoms with E-state index in [4.69, 9.17) is 18.6 Å². The number of H-pyrrole nitrogens is 2. The monoisotopic (exact) mass is 358 g/mol. The van der Waals surface area contributed by atoms with E-state index in [1.165, 1.54) is 5.39 Å². The molecule has 0 amide bonds. The molecule has 4 aromatic carbocycles. The Morgan fingerprint density at radius 1 is 0.821 bits per heavy atom. The van der Waals surface area contributed by atoms with Gasteiger partial charge in [0.1, 0.15) is 13.7 Å². The van der Waals surface area contributed by atoms with Gasteiger partial charge in [-0.05, 0) is 29.0 Å². The van der Waals surface area contributed by atoms with E-state index in [0.717, 1.165) is 60.6 Å². The van der Waals surface area contributed by atoms with Gasteiger partial charge in [0.15, 0.2) is 0 Å². The molecule has 6 aromatic rings. The molecule has 28 heavy (non-hydrogen) atoms. The highest BCUT2D eigenvalue weighted by atomic mass is 14.9. The zero-order valence-electron chi connectivity index (χ0n) is 15.0. The maximum Gasteiger partial charge on any atom is 0.140 e. The van der Waals surface area contributed by atoms with Crippen molar-refractivity contribution in [1.29, 1.82) is 0 Å². The Kier molecular flexibility index (Phi) is 2.96. The van der Waals surface area contributed by atoms with Crippen LogP contribution < -0.4 is 11.2 Å². The SMILES string of the molecule is [B]c1ccc2[nH]cc(-c3nc4c5cc(N)ccc5c5ccccc5c4[nH]3)c2c1. The van der Waals surface area contributed by atoms with Crippen LogP contribution in [0.4, 0.5) is 5.69 Å². The number of nitrogens with one attached hydrogen (secondary N) is 2. The molecule has 0 saturated carbocycles. The number of nitrogens with two attached hydrogens (primary N) is 1. The van der Waals surface area contributed by atoms with Crippen LogP contribution in [0.1, 0.15) is 0 Å². The van der Waals surface area contributed by atoms with Crippen molar-refractivity contribution in [3.63, 3.8) is 0 Å². The lowest BCUT2D eigenvalue weighted by Gasteiger charge is -2.06. The number of hydrogen-bond acceptors (Lipinski definition) is 2. The van der Waals surface area contributed by atoms with E-state index < -0.39 is 0 Å². The van der Waals surface area contributed by atoms with Crippen molar-refractivity contribution in [1.82, 2.24) is 15.0 Å². The van der Waals surface area contributed by atoms with E-state index in [9.17, 15) is 0 Å². The lowest BCUT2D eigenvalue weighted by Crippen LogP contribution is -1.99. The van der Waals surface area contributed by atoms with E-state index in [1.54, 1.807) is 0 Å². The first kappa shape index (κ1) is 15.3. The van der Waals surface area contributed by atoms with Gasteiger partial charge in [-0.1, -0.05) is 47.9 Å². The van der Waals surface area contributed by atoms with Crippen LogP contribution in [-0.2, 0) is 0 Å². The Balaban J connectivity index is 1.77. The zero-order chi connectivity index (χ0) is 18.8. The second-order valence-corrected chi connectivity index (χ2v) is 7.17. The molecule has 0 spiro atoms. The van der Waals surface area contributed by atoms with Crippen LogP contribution in [-0.4, -0.2) is 22.8 Å². The molecule has 0 atom stereocenters. The standard InChI is InChI=1S/C23H15BN4/c24-12-5-8-20-17(9-12)19(11-26-20)23-27-21-16-4-2-1-3-14(16)15-7-6-13(25)10-18(15)22(21)28-23/h1-11,26H,25H2,(H,27,28). The normalized spacial score (nSPS) is 11.9. The molecule has 0 aliphatic carbocycles. The molecule has 0 bridgehead atoms. The number of hydrogen-bond donors (Lipinski definition) is 3. The van der Waals surface area contributed by atoms with Crippen LogP contribution in [0.15, 0.2) is 66.9 Å². The van der Waals surface area contributed by atoms with Gasteiger partial charge in [0.05, 0.1) is 11.0 Å². The highest BCUT2D eigenvalue weighted by Crippen LogP contribution is 2.37. The lowest BCUT2D eigenvalue weighted by atomic mass is 9.94. The average molecular weight is 358 g/mol. The molecular formula is C23H15BN4. The summed E-state index contributed by atoms with van der Waals surface area (Å²) in [6, 6.07) is 20.3. The van der Waals surface area contributed by atoms with E-state index in [-0.39, 0.29) is 0 Å². The number of aromatic amines is 2. The van der Waals surface area contributed by atoms with Crippen molar-refractivity contribution < 1.29 is 0 Å². The Morgan fingerprint density at radius 3 is 2.54 bits per heavy atom. The fourth-order valence-electron chi connectivity index (χ4n) is 4.15. The maximum absolute atomic E-state index is 6.09. The van der Waals surface area contributed by atoms with Crippen molar-refractivity contribution in [3.8, 4) is 11.4 Å². The molecule has 0 aliphatic heterocycles. The zero-order valence-corrected chi connectivity index (χ0v) is 15.0. The maximum atomic E-state index is 6.09. The van der Waals surface area contributed by atoms with Crippen molar-refractivity contribution >= 4 is 62.5 Å². The summed E-state index contributed by atoms with van der Waals surface area (Å²) < 4.78 is 0. The van der Waals surface area contributed by atoms with Crippen molar-refractivity contribution in [2.45, 2.75) is 0 Å². The minimum atomic E-state index is 0.730. The molecule has 5 heteroatoms. The summed E-state index contributed by atoms with van der Waals surface area (Å²) in [7, 11) is 6.01. The minimum Gasteiger partial charge on any atom is -0.399 e. The first-order valence-electron chi connectivity index (χ1n) is 9.16. The highest BCUT2D eigenvalue weighted by molar-refractivity contribution is 6.33. The number of benzene rings is 4. The number of fused-ring (bicyclic) bond motifs is 7. The van der Waals surface area contributed by atoms with Crippen molar-refractivity contribution in [2.24, 2.45) is 0 Å². The van der Waals surface area contributed by atoms with E-state index >= 15 is 0 Å². The van der Waals surface area contributed by atoms with Crippen molar-refractivity contribution in [3.05, 3.63) is 66.9 Å². The number of rotatable bonds is 1. The largest absolute Gasteiger partial charge is 0.399 e. The predicted molar refractivity (Wildman–Crippen MR) is 118 cm³/mol. The second kappa shape index (κ2) is 5.39. The van der Waals surface area contributed by atoms with Crippen LogP contribution >= 0.6 is 0 Å². The summed E-state index contributed by atoms with van der Waals surface area (Å²) in [5, 5.41) is 5.58. The van der Waals surface area contributed by atoms with Gasteiger partial charge in [-0.25, -0.2) is 4.98 Å². The van der Waals surface area contributed by atoms with Gasteiger partial charge in [0.25, 0.3) is 0 Å². The van der Waals surface area contributed by atoms with Crippen LogP contribution in [0.5, 0.6) is 0 Å². The molecule has 2 radical (unpaired) electrons. The molecular weight excluding hydrogens is 343 g/mol. The molecule has 4 nitrogen and oxygen atoms in total. The van der Waals surface area contributed by atoms with Gasteiger partial charge in [-0.2, -0.15) is 0 Å². The number of anilines is 1. The summed E-state index contributed by atoms with van der Waals surface area (Å²) in [4.78, 5) is 11.8. The molecule has 0 fully saturated rings. The second-order valence-electron chi connectivity index (χ2n) is 7.17. The Bertz CT molecular complexity index is 1540. The van der Waals surface area contributed by atoms with E-state index in [1.807, 2.05) is 36.5 Å². The topological polar surface area (TPSA) is 70.5 Å². The molecule has 130 valence electrons. The molecule has 6 rings (SSSR count). The Morgan fingerprint density at radius 2 is 1.64 bits per heavy atom. The summed E-state index contributed by atoms with van der Waals surface area (Å²) >= 11 is 0. The predicted octanol–water partition coefficient (Wildman–Crippen LogP) is 4.39. The van der Waals surface area contributed by atoms with Crippen LogP contribution in [0.3, 0.4) is 0 Å². The summed E-state index contributed by atoms with van der Waals surface area (Å²) in [5.74, 6) is 0.812. The van der Waals surface area contributed by atoms with E-state index in [2.05, 4.69) is 40.3 Å². The fourth-order valence-corrected chi connectivity index (χ4v) is 4.15. The fraction of sp³-hybridized carbons (Fsp3) is 0. The van der Waals surface area contributed by atoms with Gasteiger partial charge in [0, 0.05) is 39.1 Å². The summed E-state index contributed by atoms with van der Waals surface area (Å²) in [6.45, 7) is 0. The molecule has 2 heterocycles. The van der Waals surface area contributed by atoms with Crippen molar-refractivity contribution in [2.75, 3.05) is 5.73 Å².